The maximum absolute atomic E-state index is 13.6. The van der Waals surface area contributed by atoms with E-state index in [2.05, 4.69) is 36.6 Å². The van der Waals surface area contributed by atoms with E-state index in [9.17, 15) is 75.7 Å². The molecule has 23 nitrogen and oxygen atoms in total. The average Bonchev–Trinajstić information content (AvgIpc) is 0.754. The van der Waals surface area contributed by atoms with Gasteiger partial charge in [-0.25, -0.2) is 4.79 Å². The number of aliphatic hydroxyl groups is 11. The molecule has 0 radical (unpaired) electrons. The number of nitrogens with one attached hydrogen (secondary N) is 2. The third-order valence-electron chi connectivity index (χ3n) is 23.7. The second kappa shape index (κ2) is 68.2. The van der Waals surface area contributed by atoms with Gasteiger partial charge in [0, 0.05) is 19.8 Å². The summed E-state index contributed by atoms with van der Waals surface area (Å²) in [6.45, 7) is 2.29. The molecule has 3 aliphatic rings. The van der Waals surface area contributed by atoms with Crippen molar-refractivity contribution >= 4 is 17.8 Å². The minimum atomic E-state index is -3.08. The Hall–Kier alpha value is -2.53. The topological polar surface area (TPSA) is 373 Å². The van der Waals surface area contributed by atoms with Crippen LogP contribution < -0.4 is 10.6 Å². The number of ether oxygens (including phenoxy) is 6. The highest BCUT2D eigenvalue weighted by Gasteiger charge is 2.60. The van der Waals surface area contributed by atoms with Crippen LogP contribution in [0.25, 0.3) is 0 Å². The van der Waals surface area contributed by atoms with E-state index >= 15 is 0 Å². The maximum Gasteiger partial charge on any atom is 0.364 e. The van der Waals surface area contributed by atoms with E-state index in [1.165, 1.54) is 302 Å². The molecule has 14 N–H and O–H groups in total. The fourth-order valence-electron chi connectivity index (χ4n) is 16.4. The number of amides is 2. The van der Waals surface area contributed by atoms with Gasteiger partial charge in [0.1, 0.15) is 67.1 Å². The lowest BCUT2D eigenvalue weighted by molar-refractivity contribution is -0.386. The van der Waals surface area contributed by atoms with E-state index in [-0.39, 0.29) is 18.9 Å². The number of rotatable bonds is 76. The highest BCUT2D eigenvalue weighted by Crippen LogP contribution is 2.39. The molecule has 0 aromatic carbocycles. The monoisotopic (exact) mass is 1620 g/mol. The Bertz CT molecular complexity index is 2280. The predicted octanol–water partition coefficient (Wildman–Crippen LogP) is 15.3. The van der Waals surface area contributed by atoms with Crippen LogP contribution in [0.4, 0.5) is 0 Å². The van der Waals surface area contributed by atoms with Gasteiger partial charge in [-0.1, -0.05) is 360 Å². The summed E-state index contributed by atoms with van der Waals surface area (Å²) in [6, 6.07) is -2.53. The SMILES string of the molecule is CCCCCCCCCCCCCCCCCC/C=C\CCCCCCCCCCCCCCCCCCCC(=O)NC(COC1OC(CO)C(OC2OC(CO)C(O)C(OC3(C(=O)O)CC(O)C(NC(C)=O)C(C(O)C(O)CO)O3)C2O)C(O)C1O)C(O)CCCCCCCCCCCCCCCCCCCCCCCC. The molecule has 3 saturated heterocycles. The summed E-state index contributed by atoms with van der Waals surface area (Å²) in [7, 11) is 0. The maximum atomic E-state index is 13.6. The highest BCUT2D eigenvalue weighted by molar-refractivity contribution is 5.77. The molecule has 0 bridgehead atoms. The smallest absolute Gasteiger partial charge is 0.364 e. The number of aliphatic carboxylic acids is 1. The van der Waals surface area contributed by atoms with Crippen molar-refractivity contribution in [2.75, 3.05) is 26.4 Å². The molecule has 23 heteroatoms. The Balaban J connectivity index is 1.41. The number of carboxylic acid groups (broad SMARTS) is 1. The zero-order chi connectivity index (χ0) is 82.4. The van der Waals surface area contributed by atoms with Gasteiger partial charge >= 0.3 is 5.97 Å². The first-order valence-electron chi connectivity index (χ1n) is 46.5. The van der Waals surface area contributed by atoms with Gasteiger partial charge < -0.3 is 100 Å². The van der Waals surface area contributed by atoms with Crippen LogP contribution in [0, 0.1) is 0 Å². The van der Waals surface area contributed by atoms with Gasteiger partial charge in [-0.15, -0.1) is 0 Å². The van der Waals surface area contributed by atoms with Crippen LogP contribution >= 0.6 is 0 Å². The van der Waals surface area contributed by atoms with Gasteiger partial charge in [0.25, 0.3) is 5.79 Å². The van der Waals surface area contributed by atoms with Crippen molar-refractivity contribution < 1.29 is 104 Å². The molecule has 3 aliphatic heterocycles. The molecule has 18 unspecified atom stereocenters. The lowest BCUT2D eigenvalue weighted by Gasteiger charge is -2.50. The molecular formula is C90H170N2O21. The number of carbonyl (C=O) groups is 3. The number of carbonyl (C=O) groups excluding carboxylic acids is 2. The Labute approximate surface area is 683 Å². The third kappa shape index (κ3) is 46.7. The zero-order valence-corrected chi connectivity index (χ0v) is 71.3. The third-order valence-corrected chi connectivity index (χ3v) is 23.7. The largest absolute Gasteiger partial charge is 0.477 e. The number of hydrogen-bond donors (Lipinski definition) is 14. The van der Waals surface area contributed by atoms with E-state index < -0.39 is 148 Å². The van der Waals surface area contributed by atoms with Crippen LogP contribution in [-0.2, 0) is 42.8 Å². The van der Waals surface area contributed by atoms with E-state index in [4.69, 9.17) is 28.4 Å². The molecule has 3 heterocycles. The van der Waals surface area contributed by atoms with E-state index in [0.29, 0.717) is 19.3 Å². The lowest BCUT2D eigenvalue weighted by atomic mass is 9.88. The molecule has 0 aromatic rings. The van der Waals surface area contributed by atoms with E-state index in [1.54, 1.807) is 0 Å². The minimum absolute atomic E-state index is 0.228. The lowest BCUT2D eigenvalue weighted by Crippen LogP contribution is -2.70. The Kier molecular flexibility index (Phi) is 63.1. The first-order valence-corrected chi connectivity index (χ1v) is 46.5. The van der Waals surface area contributed by atoms with Crippen LogP contribution in [0.15, 0.2) is 12.2 Å². The van der Waals surface area contributed by atoms with Crippen molar-refractivity contribution in [2.24, 2.45) is 0 Å². The average molecular weight is 1620 g/mol. The van der Waals surface area contributed by atoms with Crippen LogP contribution in [0.2, 0.25) is 0 Å². The van der Waals surface area contributed by atoms with Gasteiger partial charge in [-0.2, -0.15) is 0 Å². The number of aliphatic hydroxyl groups excluding tert-OH is 11. The van der Waals surface area contributed by atoms with Crippen LogP contribution in [0.5, 0.6) is 0 Å². The van der Waals surface area contributed by atoms with Crippen LogP contribution in [0.1, 0.15) is 406 Å². The molecule has 18 atom stereocenters. The Morgan fingerprint density at radius 2 is 0.823 bits per heavy atom. The standard InChI is InChI=1S/C90H170N2O21/c1-4-6-8-10-12-14-16-18-20-22-24-26-28-29-30-31-32-33-34-35-36-37-38-39-40-41-42-44-46-48-50-52-54-56-58-60-62-64-77(100)92-71(72(97)63-61-59-57-55-53-51-49-47-45-43-27-25-23-21-19-17-15-13-11-9-7-5-2)69-108-87-82(104)81(103)84(76(68-95)110-87)111-88-83(105)86(80(102)75(67-94)109-88)113-90(89(106)107)65-73(98)78(91-70(3)96)85(112-90)79(101)74(99)66-93/h33-34,71-76,78-88,93-95,97-99,101-105H,4-32,35-69H2,1-3H3,(H,91,96)(H,92,100)(H,106,107)/b34-33-. The summed E-state index contributed by atoms with van der Waals surface area (Å²) >= 11 is 0. The van der Waals surface area contributed by atoms with Crippen LogP contribution in [-0.4, -0.2) is 215 Å². The summed E-state index contributed by atoms with van der Waals surface area (Å²) in [5.41, 5.74) is 0. The quantitative estimate of drug-likeness (QED) is 0.0199. The van der Waals surface area contributed by atoms with Crippen molar-refractivity contribution in [2.45, 2.75) is 516 Å². The molecule has 0 spiro atoms. The molecular weight excluding hydrogens is 1440 g/mol. The molecule has 0 aliphatic carbocycles. The first-order chi connectivity index (χ1) is 54.9. The number of unbranched alkanes of at least 4 members (excludes halogenated alkanes) is 54. The Morgan fingerprint density at radius 1 is 0.451 bits per heavy atom. The second-order valence-corrected chi connectivity index (χ2v) is 33.9. The second-order valence-electron chi connectivity index (χ2n) is 33.9. The predicted molar refractivity (Wildman–Crippen MR) is 445 cm³/mol. The summed E-state index contributed by atoms with van der Waals surface area (Å²) in [4.78, 5) is 38.8. The van der Waals surface area contributed by atoms with Gasteiger partial charge in [0.05, 0.1) is 50.7 Å². The normalized spacial score (nSPS) is 25.2. The van der Waals surface area contributed by atoms with Crippen molar-refractivity contribution in [1.29, 1.82) is 0 Å². The minimum Gasteiger partial charge on any atom is -0.477 e. The molecule has 2 amide bonds. The number of hydrogen-bond acceptors (Lipinski definition) is 20. The molecule has 3 fully saturated rings. The molecule has 666 valence electrons. The number of carboxylic acids is 1. The summed E-state index contributed by atoms with van der Waals surface area (Å²) in [6.07, 6.45) is 49.4. The fraction of sp³-hybridized carbons (Fsp3) is 0.944. The van der Waals surface area contributed by atoms with Crippen molar-refractivity contribution in [3.05, 3.63) is 12.2 Å². The van der Waals surface area contributed by atoms with Gasteiger partial charge in [0.2, 0.25) is 11.8 Å². The van der Waals surface area contributed by atoms with Gasteiger partial charge in [-0.3, -0.25) is 9.59 Å². The highest BCUT2D eigenvalue weighted by atomic mass is 16.8. The first kappa shape index (κ1) is 105. The van der Waals surface area contributed by atoms with Gasteiger partial charge in [0.15, 0.2) is 12.6 Å². The summed E-state index contributed by atoms with van der Waals surface area (Å²) < 4.78 is 35.1. The fourth-order valence-corrected chi connectivity index (χ4v) is 16.4. The molecule has 3 rings (SSSR count). The van der Waals surface area contributed by atoms with Gasteiger partial charge in [-0.05, 0) is 38.5 Å². The van der Waals surface area contributed by atoms with E-state index in [1.807, 2.05) is 0 Å². The molecule has 0 aromatic heterocycles. The number of allylic oxidation sites excluding steroid dienone is 2. The van der Waals surface area contributed by atoms with Crippen molar-refractivity contribution in [3.63, 3.8) is 0 Å². The molecule has 0 saturated carbocycles. The van der Waals surface area contributed by atoms with Crippen LogP contribution in [0.3, 0.4) is 0 Å². The summed E-state index contributed by atoms with van der Waals surface area (Å²) in [5.74, 6) is -6.09. The zero-order valence-electron chi connectivity index (χ0n) is 71.3. The van der Waals surface area contributed by atoms with Crippen molar-refractivity contribution in [1.82, 2.24) is 10.6 Å². The Morgan fingerprint density at radius 3 is 1.19 bits per heavy atom. The van der Waals surface area contributed by atoms with Crippen molar-refractivity contribution in [3.8, 4) is 0 Å². The van der Waals surface area contributed by atoms with E-state index in [0.717, 1.165) is 58.3 Å². The molecule has 113 heavy (non-hydrogen) atoms. The summed E-state index contributed by atoms with van der Waals surface area (Å²) in [5, 5.41) is 137.